The van der Waals surface area contributed by atoms with Crippen LogP contribution < -0.4 is 10.9 Å². The van der Waals surface area contributed by atoms with E-state index in [0.717, 1.165) is 6.42 Å². The first-order valence-corrected chi connectivity index (χ1v) is 8.96. The molecule has 0 aliphatic rings. The minimum absolute atomic E-state index is 0.275. The summed E-state index contributed by atoms with van der Waals surface area (Å²) in [6, 6.07) is 18.0. The van der Waals surface area contributed by atoms with Crippen LogP contribution in [0.4, 0.5) is 10.1 Å². The van der Waals surface area contributed by atoms with E-state index in [1.807, 2.05) is 24.3 Å². The smallest absolute Gasteiger partial charge is 0.272 e. The molecule has 140 valence electrons. The molecule has 0 fully saturated rings. The van der Waals surface area contributed by atoms with E-state index in [2.05, 4.69) is 17.2 Å². The second-order valence-electron chi connectivity index (χ2n) is 6.47. The normalized spacial score (nSPS) is 10.9. The molecule has 4 aromatic rings. The quantitative estimate of drug-likeness (QED) is 0.559. The summed E-state index contributed by atoms with van der Waals surface area (Å²) in [6.45, 7) is 2.07. The lowest BCUT2D eigenvalue weighted by Gasteiger charge is -2.07. The molecule has 4 rings (SSSR count). The van der Waals surface area contributed by atoms with E-state index in [0.29, 0.717) is 28.1 Å². The van der Waals surface area contributed by atoms with Crippen molar-refractivity contribution in [3.05, 3.63) is 94.2 Å². The fraction of sp³-hybridized carbons (Fsp3) is 0.0909. The molecule has 2 aromatic carbocycles. The fourth-order valence-electron chi connectivity index (χ4n) is 3.11. The van der Waals surface area contributed by atoms with Crippen LogP contribution in [0.3, 0.4) is 0 Å². The van der Waals surface area contributed by atoms with Gasteiger partial charge in [-0.2, -0.15) is 0 Å². The summed E-state index contributed by atoms with van der Waals surface area (Å²) >= 11 is 0. The van der Waals surface area contributed by atoms with Crippen molar-refractivity contribution < 1.29 is 9.18 Å². The van der Waals surface area contributed by atoms with Gasteiger partial charge in [-0.05, 0) is 60.5 Å². The Morgan fingerprint density at radius 1 is 1.04 bits per heavy atom. The first-order chi connectivity index (χ1) is 13.5. The number of pyridine rings is 1. The van der Waals surface area contributed by atoms with Crippen LogP contribution in [0.2, 0.25) is 0 Å². The van der Waals surface area contributed by atoms with Crippen molar-refractivity contribution in [3.63, 3.8) is 0 Å². The standard InChI is InChI=1S/C22H18FN3O2/c1-2-14-3-8-17(9-4-14)24-22(28)19-13-15-5-12-20(27)26(21(15)25-19)18-10-6-16(23)7-11-18/h3-13,25H,2H2,1H3,(H,24,28). The average molecular weight is 375 g/mol. The summed E-state index contributed by atoms with van der Waals surface area (Å²) in [5.74, 6) is -0.692. The van der Waals surface area contributed by atoms with Crippen molar-refractivity contribution in [2.75, 3.05) is 5.32 Å². The number of rotatable bonds is 4. The first-order valence-electron chi connectivity index (χ1n) is 8.96. The van der Waals surface area contributed by atoms with Gasteiger partial charge in [0.25, 0.3) is 11.5 Å². The maximum absolute atomic E-state index is 13.2. The van der Waals surface area contributed by atoms with E-state index in [-0.39, 0.29) is 17.3 Å². The third-order valence-corrected chi connectivity index (χ3v) is 4.63. The number of carbonyl (C=O) groups is 1. The Labute approximate surface area is 160 Å². The van der Waals surface area contributed by atoms with Crippen LogP contribution >= 0.6 is 0 Å². The number of amides is 1. The van der Waals surface area contributed by atoms with Gasteiger partial charge in [0.2, 0.25) is 0 Å². The summed E-state index contributed by atoms with van der Waals surface area (Å²) in [5.41, 5.74) is 2.93. The molecule has 5 nitrogen and oxygen atoms in total. The Morgan fingerprint density at radius 3 is 2.43 bits per heavy atom. The minimum Gasteiger partial charge on any atom is -0.336 e. The number of carbonyl (C=O) groups excluding carboxylic acids is 1. The van der Waals surface area contributed by atoms with Crippen molar-refractivity contribution >= 4 is 22.6 Å². The van der Waals surface area contributed by atoms with Gasteiger partial charge in [-0.3, -0.25) is 14.2 Å². The number of nitrogens with zero attached hydrogens (tertiary/aromatic N) is 1. The lowest BCUT2D eigenvalue weighted by atomic mass is 10.1. The van der Waals surface area contributed by atoms with Gasteiger partial charge in [0.1, 0.15) is 17.2 Å². The molecular weight excluding hydrogens is 357 g/mol. The number of fused-ring (bicyclic) bond motifs is 1. The maximum Gasteiger partial charge on any atom is 0.272 e. The molecule has 6 heteroatoms. The molecule has 0 unspecified atom stereocenters. The second kappa shape index (κ2) is 7.15. The van der Waals surface area contributed by atoms with Crippen molar-refractivity contribution in [2.45, 2.75) is 13.3 Å². The van der Waals surface area contributed by atoms with Gasteiger partial charge in [-0.15, -0.1) is 0 Å². The summed E-state index contributed by atoms with van der Waals surface area (Å²) in [5, 5.41) is 3.55. The molecule has 0 saturated carbocycles. The van der Waals surface area contributed by atoms with Crippen molar-refractivity contribution in [3.8, 4) is 5.69 Å². The van der Waals surface area contributed by atoms with Crippen LogP contribution in [0.15, 0.2) is 71.5 Å². The highest BCUT2D eigenvalue weighted by molar-refractivity contribution is 6.05. The number of halogens is 1. The Kier molecular flexibility index (Phi) is 4.53. The lowest BCUT2D eigenvalue weighted by Crippen LogP contribution is -2.17. The third-order valence-electron chi connectivity index (χ3n) is 4.63. The molecule has 0 radical (unpaired) electrons. The van der Waals surface area contributed by atoms with E-state index in [1.54, 1.807) is 12.1 Å². The van der Waals surface area contributed by atoms with E-state index in [9.17, 15) is 14.0 Å². The predicted molar refractivity (Wildman–Crippen MR) is 108 cm³/mol. The zero-order valence-corrected chi connectivity index (χ0v) is 15.2. The van der Waals surface area contributed by atoms with Gasteiger partial charge in [-0.25, -0.2) is 4.39 Å². The van der Waals surface area contributed by atoms with Gasteiger partial charge >= 0.3 is 0 Å². The third kappa shape index (κ3) is 3.32. The van der Waals surface area contributed by atoms with Crippen molar-refractivity contribution in [2.24, 2.45) is 0 Å². The Hall–Kier alpha value is -3.67. The maximum atomic E-state index is 13.2. The predicted octanol–water partition coefficient (Wildman–Crippen LogP) is 4.27. The van der Waals surface area contributed by atoms with Gasteiger partial charge in [-0.1, -0.05) is 19.1 Å². The average Bonchev–Trinajstić information content (AvgIpc) is 3.14. The number of benzene rings is 2. The summed E-state index contributed by atoms with van der Waals surface area (Å²) in [4.78, 5) is 28.1. The number of nitrogens with one attached hydrogen (secondary N) is 2. The first kappa shape index (κ1) is 17.7. The largest absolute Gasteiger partial charge is 0.336 e. The minimum atomic E-state index is -0.385. The highest BCUT2D eigenvalue weighted by atomic mass is 19.1. The molecule has 0 saturated heterocycles. The summed E-state index contributed by atoms with van der Waals surface area (Å²) < 4.78 is 14.7. The van der Waals surface area contributed by atoms with Crippen LogP contribution in [0.25, 0.3) is 16.7 Å². The Morgan fingerprint density at radius 2 is 1.75 bits per heavy atom. The van der Waals surface area contributed by atoms with Crippen LogP contribution in [0, 0.1) is 5.82 Å². The highest BCUT2D eigenvalue weighted by Crippen LogP contribution is 2.19. The van der Waals surface area contributed by atoms with E-state index < -0.39 is 0 Å². The number of aromatic nitrogens is 2. The molecule has 28 heavy (non-hydrogen) atoms. The number of hydrogen-bond donors (Lipinski definition) is 2. The topological polar surface area (TPSA) is 66.9 Å². The van der Waals surface area contributed by atoms with Gasteiger partial charge in [0, 0.05) is 17.1 Å². The molecule has 0 spiro atoms. The van der Waals surface area contributed by atoms with E-state index >= 15 is 0 Å². The van der Waals surface area contributed by atoms with Gasteiger partial charge in [0.05, 0.1) is 5.69 Å². The molecule has 1 amide bonds. The molecule has 2 aromatic heterocycles. The number of aryl methyl sites for hydroxylation is 1. The van der Waals surface area contributed by atoms with Gasteiger partial charge in [0.15, 0.2) is 0 Å². The Bertz CT molecular complexity index is 1210. The molecule has 0 aliphatic carbocycles. The number of H-pyrrole nitrogens is 1. The van der Waals surface area contributed by atoms with Crippen molar-refractivity contribution in [1.82, 2.24) is 9.55 Å². The molecule has 2 N–H and O–H groups in total. The monoisotopic (exact) mass is 375 g/mol. The zero-order valence-electron chi connectivity index (χ0n) is 15.2. The molecule has 0 atom stereocenters. The van der Waals surface area contributed by atoms with Gasteiger partial charge < -0.3 is 10.3 Å². The van der Waals surface area contributed by atoms with Crippen molar-refractivity contribution in [1.29, 1.82) is 0 Å². The van der Waals surface area contributed by atoms with E-state index in [1.165, 1.54) is 40.5 Å². The SMILES string of the molecule is CCc1ccc(NC(=O)c2cc3ccc(=O)n(-c4ccc(F)cc4)c3[nH]2)cc1. The number of anilines is 1. The molecule has 0 bridgehead atoms. The van der Waals surface area contributed by atoms with Crippen LogP contribution in [0.5, 0.6) is 0 Å². The summed E-state index contributed by atoms with van der Waals surface area (Å²) in [6.07, 6.45) is 0.928. The van der Waals surface area contributed by atoms with Crippen LogP contribution in [-0.4, -0.2) is 15.5 Å². The molecule has 0 aliphatic heterocycles. The molecular formula is C22H18FN3O2. The van der Waals surface area contributed by atoms with Crippen LogP contribution in [-0.2, 0) is 6.42 Å². The van der Waals surface area contributed by atoms with Crippen LogP contribution in [0.1, 0.15) is 23.0 Å². The number of hydrogen-bond acceptors (Lipinski definition) is 2. The van der Waals surface area contributed by atoms with E-state index in [4.69, 9.17) is 0 Å². The Balaban J connectivity index is 1.71. The fourth-order valence-corrected chi connectivity index (χ4v) is 3.11. The summed E-state index contributed by atoms with van der Waals surface area (Å²) in [7, 11) is 0. The highest BCUT2D eigenvalue weighted by Gasteiger charge is 2.14. The number of aromatic amines is 1. The zero-order chi connectivity index (χ0) is 19.7. The lowest BCUT2D eigenvalue weighted by molar-refractivity contribution is 0.102. The second-order valence-corrected chi connectivity index (χ2v) is 6.47. The molecule has 2 heterocycles.